The summed E-state index contributed by atoms with van der Waals surface area (Å²) in [5.74, 6) is -0.362. The molecule has 3 heteroatoms. The molecule has 2 aromatic rings. The monoisotopic (exact) mass is 270 g/mol. The smallest absolute Gasteiger partial charge is 0.331 e. The van der Waals surface area contributed by atoms with Gasteiger partial charge in [0.1, 0.15) is 6.61 Å². The first-order valence-electron chi connectivity index (χ1n) is 6.57. The van der Waals surface area contributed by atoms with E-state index in [1.54, 1.807) is 0 Å². The van der Waals surface area contributed by atoms with E-state index in [1.165, 1.54) is 12.7 Å². The Morgan fingerprint density at radius 2 is 1.60 bits per heavy atom. The van der Waals surface area contributed by atoms with E-state index in [0.717, 1.165) is 12.0 Å². The predicted molar refractivity (Wildman–Crippen MR) is 77.3 cm³/mol. The molecule has 0 aliphatic carbocycles. The second-order valence-corrected chi connectivity index (χ2v) is 4.48. The highest BCUT2D eigenvalue weighted by Gasteiger charge is 2.14. The minimum atomic E-state index is -0.362. The Hall–Kier alpha value is -2.13. The molecule has 20 heavy (non-hydrogen) atoms. The Balaban J connectivity index is 2.10. The maximum absolute atomic E-state index is 11.3. The molecule has 2 aromatic carbocycles. The molecule has 0 aliphatic rings. The van der Waals surface area contributed by atoms with Crippen LogP contribution in [0.3, 0.4) is 0 Å². The Morgan fingerprint density at radius 3 is 2.20 bits per heavy atom. The molecule has 0 saturated heterocycles. The standard InChI is InChI=1S/C17H18O3/c1-19-17(18)13-20-16(15-10-6-3-7-11-15)12-14-8-4-2-5-9-14/h2-11,16H,12-13H2,1H3. The quantitative estimate of drug-likeness (QED) is 0.756. The van der Waals surface area contributed by atoms with E-state index in [-0.39, 0.29) is 18.7 Å². The SMILES string of the molecule is COC(=O)COC(Cc1ccccc1)c1ccccc1. The van der Waals surface area contributed by atoms with Gasteiger partial charge in [-0.1, -0.05) is 60.7 Å². The van der Waals surface area contributed by atoms with E-state index in [4.69, 9.17) is 4.74 Å². The maximum Gasteiger partial charge on any atom is 0.331 e. The fourth-order valence-electron chi connectivity index (χ4n) is 2.00. The van der Waals surface area contributed by atoms with Gasteiger partial charge in [-0.05, 0) is 11.1 Å². The van der Waals surface area contributed by atoms with Gasteiger partial charge in [0.05, 0.1) is 13.2 Å². The lowest BCUT2D eigenvalue weighted by molar-refractivity contribution is -0.148. The molecule has 0 N–H and O–H groups in total. The third-order valence-corrected chi connectivity index (χ3v) is 3.07. The number of benzene rings is 2. The molecule has 0 bridgehead atoms. The summed E-state index contributed by atoms with van der Waals surface area (Å²) in [5.41, 5.74) is 2.23. The highest BCUT2D eigenvalue weighted by Crippen LogP contribution is 2.22. The molecule has 1 unspecified atom stereocenters. The number of hydrogen-bond acceptors (Lipinski definition) is 3. The van der Waals surface area contributed by atoms with Crippen molar-refractivity contribution in [2.75, 3.05) is 13.7 Å². The highest BCUT2D eigenvalue weighted by atomic mass is 16.6. The van der Waals surface area contributed by atoms with E-state index >= 15 is 0 Å². The summed E-state index contributed by atoms with van der Waals surface area (Å²) in [6.45, 7) is -0.0388. The van der Waals surface area contributed by atoms with Gasteiger partial charge < -0.3 is 9.47 Å². The number of esters is 1. The number of ether oxygens (including phenoxy) is 2. The van der Waals surface area contributed by atoms with Crippen LogP contribution in [0.1, 0.15) is 17.2 Å². The van der Waals surface area contributed by atoms with Crippen molar-refractivity contribution >= 4 is 5.97 Å². The molecular formula is C17H18O3. The minimum Gasteiger partial charge on any atom is -0.467 e. The molecular weight excluding hydrogens is 252 g/mol. The molecule has 0 fully saturated rings. The molecule has 0 spiro atoms. The van der Waals surface area contributed by atoms with Crippen LogP contribution in [-0.2, 0) is 20.7 Å². The van der Waals surface area contributed by atoms with Crippen LogP contribution >= 0.6 is 0 Å². The molecule has 0 amide bonds. The van der Waals surface area contributed by atoms with Crippen molar-refractivity contribution in [1.29, 1.82) is 0 Å². The Labute approximate surface area is 119 Å². The summed E-state index contributed by atoms with van der Waals surface area (Å²) in [4.78, 5) is 11.3. The lowest BCUT2D eigenvalue weighted by Gasteiger charge is -2.18. The third-order valence-electron chi connectivity index (χ3n) is 3.07. The summed E-state index contributed by atoms with van der Waals surface area (Å²) in [6.07, 6.45) is 0.569. The largest absolute Gasteiger partial charge is 0.467 e. The predicted octanol–water partition coefficient (Wildman–Crippen LogP) is 3.16. The topological polar surface area (TPSA) is 35.5 Å². The van der Waals surface area contributed by atoms with Gasteiger partial charge in [-0.25, -0.2) is 4.79 Å². The number of hydrogen-bond donors (Lipinski definition) is 0. The average Bonchev–Trinajstić information content (AvgIpc) is 2.53. The van der Waals surface area contributed by atoms with E-state index < -0.39 is 0 Å². The van der Waals surface area contributed by atoms with E-state index in [1.807, 2.05) is 48.5 Å². The van der Waals surface area contributed by atoms with Gasteiger partial charge in [0.15, 0.2) is 0 Å². The molecule has 0 aromatic heterocycles. The van der Waals surface area contributed by atoms with Gasteiger partial charge in [-0.3, -0.25) is 0 Å². The van der Waals surface area contributed by atoms with Crippen molar-refractivity contribution in [2.45, 2.75) is 12.5 Å². The first kappa shape index (κ1) is 14.3. The zero-order valence-corrected chi connectivity index (χ0v) is 11.5. The van der Waals surface area contributed by atoms with Gasteiger partial charge in [-0.15, -0.1) is 0 Å². The van der Waals surface area contributed by atoms with Crippen LogP contribution in [0, 0.1) is 0 Å². The second-order valence-electron chi connectivity index (χ2n) is 4.48. The molecule has 2 rings (SSSR count). The normalized spacial score (nSPS) is 11.8. The second kappa shape index (κ2) is 7.46. The van der Waals surface area contributed by atoms with Crippen molar-refractivity contribution in [3.63, 3.8) is 0 Å². The first-order chi connectivity index (χ1) is 9.79. The fourth-order valence-corrected chi connectivity index (χ4v) is 2.00. The zero-order valence-electron chi connectivity index (χ0n) is 11.5. The van der Waals surface area contributed by atoms with Gasteiger partial charge in [0.2, 0.25) is 0 Å². The zero-order chi connectivity index (χ0) is 14.2. The third kappa shape index (κ3) is 4.21. The van der Waals surface area contributed by atoms with E-state index in [0.29, 0.717) is 0 Å². The van der Waals surface area contributed by atoms with Crippen LogP contribution in [-0.4, -0.2) is 19.7 Å². The summed E-state index contributed by atoms with van der Waals surface area (Å²) in [6, 6.07) is 20.0. The summed E-state index contributed by atoms with van der Waals surface area (Å²) < 4.78 is 10.3. The number of methoxy groups -OCH3 is 1. The Morgan fingerprint density at radius 1 is 1.00 bits per heavy atom. The Kier molecular flexibility index (Phi) is 5.33. The molecule has 104 valence electrons. The molecule has 0 aliphatic heterocycles. The first-order valence-corrected chi connectivity index (χ1v) is 6.57. The van der Waals surface area contributed by atoms with Gasteiger partial charge in [-0.2, -0.15) is 0 Å². The molecule has 0 heterocycles. The van der Waals surface area contributed by atoms with E-state index in [2.05, 4.69) is 16.9 Å². The fraction of sp³-hybridized carbons (Fsp3) is 0.235. The Bertz CT molecular complexity index is 522. The number of carbonyl (C=O) groups excluding carboxylic acids is 1. The van der Waals surface area contributed by atoms with Crippen LogP contribution < -0.4 is 0 Å². The maximum atomic E-state index is 11.3. The lowest BCUT2D eigenvalue weighted by atomic mass is 10.0. The van der Waals surface area contributed by atoms with Crippen molar-refractivity contribution < 1.29 is 14.3 Å². The minimum absolute atomic E-state index is 0.0388. The lowest BCUT2D eigenvalue weighted by Crippen LogP contribution is -2.15. The summed E-state index contributed by atoms with van der Waals surface area (Å²) in [7, 11) is 1.36. The van der Waals surface area contributed by atoms with Crippen molar-refractivity contribution in [3.05, 3.63) is 71.8 Å². The highest BCUT2D eigenvalue weighted by molar-refractivity contribution is 5.70. The molecule has 3 nitrogen and oxygen atoms in total. The number of rotatable bonds is 6. The van der Waals surface area contributed by atoms with E-state index in [9.17, 15) is 4.79 Å². The van der Waals surface area contributed by atoms with Crippen LogP contribution in [0.2, 0.25) is 0 Å². The molecule has 0 saturated carbocycles. The van der Waals surface area contributed by atoms with Crippen LogP contribution in [0.15, 0.2) is 60.7 Å². The van der Waals surface area contributed by atoms with Crippen LogP contribution in [0.5, 0.6) is 0 Å². The van der Waals surface area contributed by atoms with Gasteiger partial charge in [0.25, 0.3) is 0 Å². The van der Waals surface area contributed by atoms with Crippen molar-refractivity contribution in [2.24, 2.45) is 0 Å². The number of carbonyl (C=O) groups is 1. The van der Waals surface area contributed by atoms with Crippen LogP contribution in [0.4, 0.5) is 0 Å². The molecule has 0 radical (unpaired) electrons. The van der Waals surface area contributed by atoms with Crippen molar-refractivity contribution in [1.82, 2.24) is 0 Å². The average molecular weight is 270 g/mol. The summed E-state index contributed by atoms with van der Waals surface area (Å²) >= 11 is 0. The van der Waals surface area contributed by atoms with Gasteiger partial charge in [0, 0.05) is 6.42 Å². The van der Waals surface area contributed by atoms with Gasteiger partial charge >= 0.3 is 5.97 Å². The molecule has 1 atom stereocenters. The van der Waals surface area contributed by atoms with Crippen LogP contribution in [0.25, 0.3) is 0 Å². The van der Waals surface area contributed by atoms with Crippen molar-refractivity contribution in [3.8, 4) is 0 Å². The summed E-state index contributed by atoms with van der Waals surface area (Å²) in [5, 5.41) is 0.